The van der Waals surface area contributed by atoms with Crippen molar-refractivity contribution in [3.8, 4) is 0 Å². The van der Waals surface area contributed by atoms with Crippen molar-refractivity contribution < 1.29 is 4.74 Å². The molecule has 1 saturated carbocycles. The van der Waals surface area contributed by atoms with Crippen molar-refractivity contribution in [1.82, 2.24) is 5.32 Å². The summed E-state index contributed by atoms with van der Waals surface area (Å²) < 4.78 is 5.82. The lowest BCUT2D eigenvalue weighted by Crippen LogP contribution is -2.44. The van der Waals surface area contributed by atoms with Gasteiger partial charge in [0.2, 0.25) is 0 Å². The Morgan fingerprint density at radius 3 is 2.37 bits per heavy atom. The van der Waals surface area contributed by atoms with Gasteiger partial charge >= 0.3 is 0 Å². The lowest BCUT2D eigenvalue weighted by atomic mass is 9.74. The minimum absolute atomic E-state index is 0.475. The zero-order valence-corrected chi connectivity index (χ0v) is 13.2. The van der Waals surface area contributed by atoms with E-state index < -0.39 is 0 Å². The Bertz CT molecular complexity index is 248. The van der Waals surface area contributed by atoms with Crippen LogP contribution in [-0.2, 0) is 4.74 Å². The predicted octanol–water partition coefficient (Wildman–Crippen LogP) is 4.00. The molecule has 2 nitrogen and oxygen atoms in total. The Morgan fingerprint density at radius 1 is 1.11 bits per heavy atom. The van der Waals surface area contributed by atoms with Gasteiger partial charge in [0, 0.05) is 12.0 Å². The number of ether oxygens (including phenoxy) is 1. The Labute approximate surface area is 119 Å². The summed E-state index contributed by atoms with van der Waals surface area (Å²) in [6.07, 6.45) is 10.1. The van der Waals surface area contributed by atoms with Crippen LogP contribution in [0.2, 0.25) is 0 Å². The molecular formula is C17H33NO. The fourth-order valence-electron chi connectivity index (χ4n) is 4.09. The third-order valence-corrected chi connectivity index (χ3v) is 5.34. The summed E-state index contributed by atoms with van der Waals surface area (Å²) in [6.45, 7) is 9.00. The largest absolute Gasteiger partial charge is 0.378 e. The molecule has 2 fully saturated rings. The molecule has 2 aliphatic rings. The molecule has 112 valence electrons. The molecule has 3 unspecified atom stereocenters. The highest BCUT2D eigenvalue weighted by molar-refractivity contribution is 4.89. The second-order valence-corrected chi connectivity index (χ2v) is 6.81. The molecular weight excluding hydrogens is 234 g/mol. The molecule has 0 aromatic rings. The van der Waals surface area contributed by atoms with Gasteiger partial charge in [0.05, 0.1) is 12.7 Å². The van der Waals surface area contributed by atoms with Crippen molar-refractivity contribution in [3.63, 3.8) is 0 Å². The highest BCUT2D eigenvalue weighted by Crippen LogP contribution is 2.37. The molecule has 2 heteroatoms. The molecule has 0 aromatic heterocycles. The molecule has 0 spiro atoms. The highest BCUT2D eigenvalue weighted by Gasteiger charge is 2.35. The van der Waals surface area contributed by atoms with Crippen LogP contribution in [-0.4, -0.2) is 25.3 Å². The summed E-state index contributed by atoms with van der Waals surface area (Å²) >= 11 is 0. The average Bonchev–Trinajstić information content (AvgIpc) is 2.86. The first-order valence-corrected chi connectivity index (χ1v) is 8.59. The summed E-state index contributed by atoms with van der Waals surface area (Å²) in [4.78, 5) is 0. The number of hydrogen-bond acceptors (Lipinski definition) is 2. The summed E-state index contributed by atoms with van der Waals surface area (Å²) in [5.74, 6) is 2.65. The van der Waals surface area contributed by atoms with Crippen LogP contribution in [0.25, 0.3) is 0 Å². The molecule has 0 bridgehead atoms. The van der Waals surface area contributed by atoms with Gasteiger partial charge in [-0.25, -0.2) is 0 Å². The Hall–Kier alpha value is -0.0800. The summed E-state index contributed by atoms with van der Waals surface area (Å²) in [6, 6.07) is 0.711. The molecule has 1 aliphatic carbocycles. The van der Waals surface area contributed by atoms with E-state index in [0.717, 1.165) is 24.4 Å². The second kappa shape index (κ2) is 7.64. The van der Waals surface area contributed by atoms with Gasteiger partial charge in [0.1, 0.15) is 0 Å². The van der Waals surface area contributed by atoms with Crippen LogP contribution in [0.4, 0.5) is 0 Å². The molecule has 1 N–H and O–H groups in total. The minimum atomic E-state index is 0.475. The standard InChI is InChI=1S/C17H33NO/c1-4-10-18-17(16-11-13(3)19-12-16)15-8-6-14(5-2)7-9-15/h13-18H,4-12H2,1-3H3. The van der Waals surface area contributed by atoms with E-state index >= 15 is 0 Å². The van der Waals surface area contributed by atoms with Crippen LogP contribution >= 0.6 is 0 Å². The predicted molar refractivity (Wildman–Crippen MR) is 81.3 cm³/mol. The van der Waals surface area contributed by atoms with Crippen molar-refractivity contribution >= 4 is 0 Å². The molecule has 0 amide bonds. The Kier molecular flexibility index (Phi) is 6.15. The van der Waals surface area contributed by atoms with Gasteiger partial charge in [-0.3, -0.25) is 0 Å². The Morgan fingerprint density at radius 2 is 1.84 bits per heavy atom. The van der Waals surface area contributed by atoms with Gasteiger partial charge in [-0.1, -0.05) is 33.1 Å². The van der Waals surface area contributed by atoms with Crippen LogP contribution in [0.1, 0.15) is 65.7 Å². The van der Waals surface area contributed by atoms with Crippen LogP contribution < -0.4 is 5.32 Å². The van der Waals surface area contributed by atoms with Crippen LogP contribution in [0.5, 0.6) is 0 Å². The number of hydrogen-bond donors (Lipinski definition) is 1. The third kappa shape index (κ3) is 4.19. The van der Waals surface area contributed by atoms with Gasteiger partial charge in [0.15, 0.2) is 0 Å². The van der Waals surface area contributed by atoms with E-state index in [4.69, 9.17) is 4.74 Å². The minimum Gasteiger partial charge on any atom is -0.378 e. The average molecular weight is 267 g/mol. The fraction of sp³-hybridized carbons (Fsp3) is 1.00. The fourth-order valence-corrected chi connectivity index (χ4v) is 4.09. The van der Waals surface area contributed by atoms with Crippen LogP contribution in [0, 0.1) is 17.8 Å². The van der Waals surface area contributed by atoms with E-state index in [-0.39, 0.29) is 0 Å². The smallest absolute Gasteiger partial charge is 0.0551 e. The van der Waals surface area contributed by atoms with Gasteiger partial charge < -0.3 is 10.1 Å². The molecule has 1 saturated heterocycles. The van der Waals surface area contributed by atoms with Crippen molar-refractivity contribution in [1.29, 1.82) is 0 Å². The first-order valence-electron chi connectivity index (χ1n) is 8.59. The maximum atomic E-state index is 5.82. The molecule has 3 atom stereocenters. The lowest BCUT2D eigenvalue weighted by Gasteiger charge is -2.37. The first-order chi connectivity index (χ1) is 9.24. The summed E-state index contributed by atoms with van der Waals surface area (Å²) in [7, 11) is 0. The normalized spacial score (nSPS) is 37.4. The van der Waals surface area contributed by atoms with E-state index in [9.17, 15) is 0 Å². The van der Waals surface area contributed by atoms with E-state index in [1.807, 2.05) is 0 Å². The number of rotatable bonds is 6. The van der Waals surface area contributed by atoms with Crippen molar-refractivity contribution in [2.24, 2.45) is 17.8 Å². The summed E-state index contributed by atoms with van der Waals surface area (Å²) in [5, 5.41) is 3.85. The van der Waals surface area contributed by atoms with E-state index in [2.05, 4.69) is 26.1 Å². The molecule has 0 aromatic carbocycles. The molecule has 2 rings (SSSR count). The topological polar surface area (TPSA) is 21.3 Å². The molecule has 0 radical (unpaired) electrons. The monoisotopic (exact) mass is 267 g/mol. The highest BCUT2D eigenvalue weighted by atomic mass is 16.5. The van der Waals surface area contributed by atoms with Gasteiger partial charge in [-0.2, -0.15) is 0 Å². The zero-order chi connectivity index (χ0) is 13.7. The second-order valence-electron chi connectivity index (χ2n) is 6.81. The van der Waals surface area contributed by atoms with Gasteiger partial charge in [-0.05, 0) is 51.0 Å². The van der Waals surface area contributed by atoms with Crippen molar-refractivity contribution in [2.45, 2.75) is 77.9 Å². The third-order valence-electron chi connectivity index (χ3n) is 5.34. The van der Waals surface area contributed by atoms with Crippen LogP contribution in [0.15, 0.2) is 0 Å². The SMILES string of the molecule is CCCNC(C1CCC(CC)CC1)C1COC(C)C1. The van der Waals surface area contributed by atoms with E-state index in [0.29, 0.717) is 12.1 Å². The molecule has 1 heterocycles. The van der Waals surface area contributed by atoms with Crippen molar-refractivity contribution in [3.05, 3.63) is 0 Å². The van der Waals surface area contributed by atoms with Gasteiger partial charge in [0.25, 0.3) is 0 Å². The molecule has 1 aliphatic heterocycles. The van der Waals surface area contributed by atoms with Gasteiger partial charge in [-0.15, -0.1) is 0 Å². The maximum absolute atomic E-state index is 5.82. The molecule has 19 heavy (non-hydrogen) atoms. The van der Waals surface area contributed by atoms with E-state index in [1.165, 1.54) is 51.5 Å². The number of nitrogens with one attached hydrogen (secondary N) is 1. The quantitative estimate of drug-likeness (QED) is 0.785. The Balaban J connectivity index is 1.89. The lowest BCUT2D eigenvalue weighted by molar-refractivity contribution is 0.108. The zero-order valence-electron chi connectivity index (χ0n) is 13.2. The van der Waals surface area contributed by atoms with E-state index in [1.54, 1.807) is 0 Å². The van der Waals surface area contributed by atoms with Crippen LogP contribution in [0.3, 0.4) is 0 Å². The van der Waals surface area contributed by atoms with Crippen molar-refractivity contribution in [2.75, 3.05) is 13.2 Å². The summed E-state index contributed by atoms with van der Waals surface area (Å²) in [5.41, 5.74) is 0. The maximum Gasteiger partial charge on any atom is 0.0551 e. The first kappa shape index (κ1) is 15.3.